The Morgan fingerprint density at radius 1 is 1.30 bits per heavy atom. The summed E-state index contributed by atoms with van der Waals surface area (Å²) < 4.78 is 36.3. The summed E-state index contributed by atoms with van der Waals surface area (Å²) in [6.07, 6.45) is 2.27. The molecule has 0 aliphatic carbocycles. The number of piperidine rings is 3. The number of sulfonamides is 1. The maximum atomic E-state index is 14.0. The fourth-order valence-corrected chi connectivity index (χ4v) is 3.64. The molecule has 0 aromatic heterocycles. The van der Waals surface area contributed by atoms with Gasteiger partial charge >= 0.3 is 0 Å². The monoisotopic (exact) mass is 299 g/mol. The SMILES string of the molecule is NS(=O)(=O)c1ccc(NC2CN3CCC2CC3)c(F)c1. The van der Waals surface area contributed by atoms with Crippen molar-refractivity contribution >= 4 is 15.7 Å². The van der Waals surface area contributed by atoms with Gasteiger partial charge in [-0.15, -0.1) is 0 Å². The molecule has 3 heterocycles. The summed E-state index contributed by atoms with van der Waals surface area (Å²) in [4.78, 5) is 2.17. The number of benzene rings is 1. The van der Waals surface area contributed by atoms with Crippen LogP contribution < -0.4 is 10.5 Å². The molecule has 1 atom stereocenters. The Labute approximate surface area is 118 Å². The minimum atomic E-state index is -3.86. The number of primary sulfonamides is 1. The number of anilines is 1. The highest BCUT2D eigenvalue weighted by Crippen LogP contribution is 2.30. The standard InChI is InChI=1S/C13H18FN3O2S/c14-11-7-10(20(15,18)19)1-2-12(11)16-13-8-17-5-3-9(13)4-6-17/h1-2,7,9,13,16H,3-6,8H2,(H2,15,18,19). The Morgan fingerprint density at radius 3 is 2.50 bits per heavy atom. The van der Waals surface area contributed by atoms with Crippen LogP contribution in [0.5, 0.6) is 0 Å². The van der Waals surface area contributed by atoms with Crippen molar-refractivity contribution in [1.82, 2.24) is 4.90 Å². The number of nitrogens with two attached hydrogens (primary N) is 1. The van der Waals surface area contributed by atoms with Gasteiger partial charge in [-0.1, -0.05) is 0 Å². The van der Waals surface area contributed by atoms with Gasteiger partial charge in [0.05, 0.1) is 10.6 Å². The van der Waals surface area contributed by atoms with Crippen molar-refractivity contribution in [2.24, 2.45) is 11.1 Å². The molecular weight excluding hydrogens is 281 g/mol. The third kappa shape index (κ3) is 2.65. The van der Waals surface area contributed by atoms with Gasteiger partial charge in [0.15, 0.2) is 0 Å². The lowest BCUT2D eigenvalue weighted by molar-refractivity contribution is 0.0974. The minimum absolute atomic E-state index is 0.200. The summed E-state index contributed by atoms with van der Waals surface area (Å²) in [7, 11) is -3.86. The molecule has 0 spiro atoms. The fourth-order valence-electron chi connectivity index (χ4n) is 3.12. The topological polar surface area (TPSA) is 75.4 Å². The highest BCUT2D eigenvalue weighted by molar-refractivity contribution is 7.89. The molecule has 0 radical (unpaired) electrons. The van der Waals surface area contributed by atoms with Crippen LogP contribution in [-0.2, 0) is 10.0 Å². The van der Waals surface area contributed by atoms with Crippen LogP contribution in [0.1, 0.15) is 12.8 Å². The van der Waals surface area contributed by atoms with Gasteiger partial charge in [0.1, 0.15) is 5.82 Å². The Kier molecular flexibility index (Phi) is 3.43. The molecule has 4 rings (SSSR count). The summed E-state index contributed by atoms with van der Waals surface area (Å²) in [6.45, 7) is 3.16. The van der Waals surface area contributed by atoms with Crippen molar-refractivity contribution in [1.29, 1.82) is 0 Å². The molecule has 0 amide bonds. The van der Waals surface area contributed by atoms with E-state index in [4.69, 9.17) is 5.14 Å². The predicted octanol–water partition coefficient (Wildman–Crippen LogP) is 0.979. The second-order valence-corrected chi connectivity index (χ2v) is 7.14. The number of hydrogen-bond donors (Lipinski definition) is 2. The molecular formula is C13H18FN3O2S. The zero-order valence-corrected chi connectivity index (χ0v) is 11.9. The van der Waals surface area contributed by atoms with E-state index in [9.17, 15) is 12.8 Å². The van der Waals surface area contributed by atoms with Gasteiger partial charge in [-0.3, -0.25) is 0 Å². The van der Waals surface area contributed by atoms with Gasteiger partial charge < -0.3 is 10.2 Å². The van der Waals surface area contributed by atoms with Crippen molar-refractivity contribution < 1.29 is 12.8 Å². The van der Waals surface area contributed by atoms with E-state index < -0.39 is 15.8 Å². The summed E-state index contributed by atoms with van der Waals surface area (Å²) in [5.74, 6) is -0.00899. The van der Waals surface area contributed by atoms with Crippen molar-refractivity contribution in [3.05, 3.63) is 24.0 Å². The van der Waals surface area contributed by atoms with Crippen LogP contribution in [0.3, 0.4) is 0 Å². The Bertz CT molecular complexity index is 612. The molecule has 5 nitrogen and oxygen atoms in total. The first-order chi connectivity index (χ1) is 9.43. The van der Waals surface area contributed by atoms with Crippen LogP contribution >= 0.6 is 0 Å². The Morgan fingerprint density at radius 2 is 2.00 bits per heavy atom. The summed E-state index contributed by atoms with van der Waals surface area (Å²) >= 11 is 0. The highest BCUT2D eigenvalue weighted by atomic mass is 32.2. The van der Waals surface area contributed by atoms with Crippen LogP contribution in [0.2, 0.25) is 0 Å². The van der Waals surface area contributed by atoms with Crippen molar-refractivity contribution in [2.75, 3.05) is 25.0 Å². The zero-order chi connectivity index (χ0) is 14.3. The van der Waals surface area contributed by atoms with Crippen molar-refractivity contribution in [3.8, 4) is 0 Å². The lowest BCUT2D eigenvalue weighted by Crippen LogP contribution is -2.53. The average Bonchev–Trinajstić information content (AvgIpc) is 2.41. The van der Waals surface area contributed by atoms with Crippen LogP contribution in [0, 0.1) is 11.7 Å². The normalized spacial score (nSPS) is 29.4. The molecule has 3 N–H and O–H groups in total. The number of rotatable bonds is 3. The molecule has 3 saturated heterocycles. The van der Waals surface area contributed by atoms with E-state index in [0.717, 1.165) is 38.5 Å². The average molecular weight is 299 g/mol. The van der Waals surface area contributed by atoms with Crippen molar-refractivity contribution in [2.45, 2.75) is 23.8 Å². The molecule has 20 heavy (non-hydrogen) atoms. The van der Waals surface area contributed by atoms with E-state index in [1.807, 2.05) is 0 Å². The molecule has 1 aromatic rings. The van der Waals surface area contributed by atoms with Gasteiger partial charge in [-0.2, -0.15) is 0 Å². The Hall–Kier alpha value is -1.18. The van der Waals surface area contributed by atoms with Crippen LogP contribution in [0.25, 0.3) is 0 Å². The number of nitrogens with zero attached hydrogens (tertiary/aromatic N) is 1. The van der Waals surface area contributed by atoms with Crippen LogP contribution in [0.15, 0.2) is 23.1 Å². The Balaban J connectivity index is 1.78. The second-order valence-electron chi connectivity index (χ2n) is 5.58. The molecule has 110 valence electrons. The summed E-state index contributed by atoms with van der Waals surface area (Å²) in [6, 6.07) is 3.99. The fraction of sp³-hybridized carbons (Fsp3) is 0.538. The molecule has 3 aliphatic rings. The molecule has 3 aliphatic heterocycles. The second kappa shape index (κ2) is 4.98. The smallest absolute Gasteiger partial charge is 0.238 e. The molecule has 1 unspecified atom stereocenters. The minimum Gasteiger partial charge on any atom is -0.378 e. The van der Waals surface area contributed by atoms with Gasteiger partial charge in [0.2, 0.25) is 10.0 Å². The van der Waals surface area contributed by atoms with Gasteiger partial charge in [-0.05, 0) is 50.0 Å². The summed E-state index contributed by atoms with van der Waals surface area (Å²) in [5, 5.41) is 8.19. The maximum absolute atomic E-state index is 14.0. The van der Waals surface area contributed by atoms with Crippen LogP contribution in [0.4, 0.5) is 10.1 Å². The highest BCUT2D eigenvalue weighted by Gasteiger charge is 2.34. The number of halogens is 1. The first-order valence-corrected chi connectivity index (χ1v) is 8.29. The lowest BCUT2D eigenvalue weighted by Gasteiger charge is -2.45. The zero-order valence-electron chi connectivity index (χ0n) is 11.0. The van der Waals surface area contributed by atoms with Crippen molar-refractivity contribution in [3.63, 3.8) is 0 Å². The first-order valence-electron chi connectivity index (χ1n) is 6.75. The maximum Gasteiger partial charge on any atom is 0.238 e. The third-order valence-electron chi connectivity index (χ3n) is 4.27. The van der Waals surface area contributed by atoms with E-state index >= 15 is 0 Å². The van der Waals surface area contributed by atoms with Gasteiger partial charge in [0.25, 0.3) is 0 Å². The van der Waals surface area contributed by atoms with Crippen LogP contribution in [-0.4, -0.2) is 39.0 Å². The number of hydrogen-bond acceptors (Lipinski definition) is 4. The molecule has 1 aromatic carbocycles. The summed E-state index contributed by atoms with van der Waals surface area (Å²) in [5.41, 5.74) is 0.344. The van der Waals surface area contributed by atoms with E-state index in [-0.39, 0.29) is 10.9 Å². The predicted molar refractivity (Wildman–Crippen MR) is 74.3 cm³/mol. The molecule has 3 fully saturated rings. The third-order valence-corrected chi connectivity index (χ3v) is 5.18. The number of nitrogens with one attached hydrogen (secondary N) is 1. The molecule has 7 heteroatoms. The van der Waals surface area contributed by atoms with Gasteiger partial charge in [-0.25, -0.2) is 17.9 Å². The lowest BCUT2D eigenvalue weighted by atomic mass is 9.84. The largest absolute Gasteiger partial charge is 0.378 e. The quantitative estimate of drug-likeness (QED) is 0.872. The first kappa shape index (κ1) is 13.8. The molecule has 2 bridgehead atoms. The van der Waals surface area contributed by atoms with Gasteiger partial charge in [0, 0.05) is 12.6 Å². The number of fused-ring (bicyclic) bond motifs is 3. The van der Waals surface area contributed by atoms with E-state index in [1.165, 1.54) is 12.1 Å². The van der Waals surface area contributed by atoms with E-state index in [0.29, 0.717) is 11.6 Å². The van der Waals surface area contributed by atoms with E-state index in [1.54, 1.807) is 0 Å². The molecule has 0 saturated carbocycles. The van der Waals surface area contributed by atoms with E-state index in [2.05, 4.69) is 10.2 Å².